The third kappa shape index (κ3) is 18.3. The highest BCUT2D eigenvalue weighted by Gasteiger charge is 2.42. The number of aliphatic carboxylic acids is 1. The predicted octanol–water partition coefficient (Wildman–Crippen LogP) is 0.417. The summed E-state index contributed by atoms with van der Waals surface area (Å²) in [5, 5.41) is 35.5. The monoisotopic (exact) mass is 1100 g/mol. The molecule has 0 aliphatic carbocycles. The van der Waals surface area contributed by atoms with Gasteiger partial charge >= 0.3 is 5.97 Å². The standard InChI is InChI=1S/C55H74N10O12S/c1-32(2)27-43(55(76)77)63-50(71)40(29-36-19-21-37(66)22-20-36)60-51(72)44-17-11-24-64(44)53(74)33(3)58-49(70)41(31-46(57)67)61-52(73)45-18-12-25-65(45)54(75)42(30-35-15-9-6-10-16-35)62-48(69)39(23-26-78-4)59-47(68)38(56)28-34-13-7-5-8-14-34/h5-10,13-16,19-22,32-33,38-45,66H,11-12,17-18,23-31,56H2,1-4H3,(H2,57,67)(H,58,70)(H,59,68)(H,60,72)(H,61,73)(H,62,69)(H,63,71)(H,76,77)/t33-,38-,39-,40-,41-,42-,43-,44-,45-/m0/s1. The van der Waals surface area contributed by atoms with Crippen LogP contribution in [0.15, 0.2) is 84.9 Å². The van der Waals surface area contributed by atoms with Crippen molar-refractivity contribution in [2.24, 2.45) is 17.4 Å². The Morgan fingerprint density at radius 2 is 1.06 bits per heavy atom. The van der Waals surface area contributed by atoms with Crippen molar-refractivity contribution in [2.45, 2.75) is 139 Å². The molecule has 3 aromatic rings. The summed E-state index contributed by atoms with van der Waals surface area (Å²) in [6.45, 7) is 5.14. The van der Waals surface area contributed by atoms with Gasteiger partial charge in [0.2, 0.25) is 53.2 Å². The lowest BCUT2D eigenvalue weighted by molar-refractivity contribution is -0.144. The van der Waals surface area contributed by atoms with Crippen LogP contribution < -0.4 is 43.4 Å². The number of thioether (sulfide) groups is 1. The third-order valence-electron chi connectivity index (χ3n) is 13.6. The Balaban J connectivity index is 1.27. The summed E-state index contributed by atoms with van der Waals surface area (Å²) in [7, 11) is 0. The third-order valence-corrected chi connectivity index (χ3v) is 14.2. The number of nitrogens with zero attached hydrogens (tertiary/aromatic N) is 2. The van der Waals surface area contributed by atoms with Gasteiger partial charge in [-0.3, -0.25) is 43.2 Å². The quantitative estimate of drug-likeness (QED) is 0.0471. The van der Waals surface area contributed by atoms with E-state index in [2.05, 4.69) is 31.9 Å². The van der Waals surface area contributed by atoms with Crippen LogP contribution in [0.1, 0.15) is 82.4 Å². The lowest BCUT2D eigenvalue weighted by Gasteiger charge is -2.31. The van der Waals surface area contributed by atoms with Crippen LogP contribution in [0, 0.1) is 5.92 Å². The first-order valence-corrected chi connectivity index (χ1v) is 27.6. The SMILES string of the molecule is CSCC[C@H](NC(=O)[C@@H](N)Cc1ccccc1)C(=O)N[C@@H](Cc1ccccc1)C(=O)N1CCC[C@H]1C(=O)N[C@@H](CC(N)=O)C(=O)N[C@@H](C)C(=O)N1CCC[C@H]1C(=O)N[C@@H](Cc1ccc(O)cc1)C(=O)N[C@@H](CC(C)C)C(=O)O. The number of carboxylic acids is 1. The van der Waals surface area contributed by atoms with Gasteiger partial charge in [-0.1, -0.05) is 86.6 Å². The van der Waals surface area contributed by atoms with E-state index < -0.39 is 120 Å². The van der Waals surface area contributed by atoms with Crippen LogP contribution in [0.3, 0.4) is 0 Å². The molecule has 0 unspecified atom stereocenters. The van der Waals surface area contributed by atoms with E-state index in [0.29, 0.717) is 29.7 Å². The minimum absolute atomic E-state index is 0.0203. The molecular weight excluding hydrogens is 1020 g/mol. The zero-order valence-corrected chi connectivity index (χ0v) is 45.3. The number of primary amides is 1. The first kappa shape index (κ1) is 61.3. The van der Waals surface area contributed by atoms with Crippen molar-refractivity contribution in [1.82, 2.24) is 41.7 Å². The number of nitrogens with two attached hydrogens (primary N) is 2. The molecule has 0 spiro atoms. The Morgan fingerprint density at radius 1 is 0.590 bits per heavy atom. The highest BCUT2D eigenvalue weighted by atomic mass is 32.2. The number of aromatic hydroxyl groups is 1. The molecule has 2 aliphatic heterocycles. The minimum atomic E-state index is -1.61. The fraction of sp³-hybridized carbons (Fsp3) is 0.491. The van der Waals surface area contributed by atoms with Crippen molar-refractivity contribution < 1.29 is 58.2 Å². The lowest BCUT2D eigenvalue weighted by atomic mass is 10.0. The molecule has 9 atom stereocenters. The van der Waals surface area contributed by atoms with Crippen LogP contribution >= 0.6 is 11.8 Å². The smallest absolute Gasteiger partial charge is 0.326 e. The molecule has 2 fully saturated rings. The molecule has 3 aromatic carbocycles. The van der Waals surface area contributed by atoms with Gasteiger partial charge in [0.05, 0.1) is 12.5 Å². The number of rotatable bonds is 28. The van der Waals surface area contributed by atoms with E-state index in [1.165, 1.54) is 40.6 Å². The molecule has 0 radical (unpaired) electrons. The number of hydrogen-bond donors (Lipinski definition) is 10. The maximum Gasteiger partial charge on any atom is 0.326 e. The van der Waals surface area contributed by atoms with E-state index in [0.717, 1.165) is 5.56 Å². The summed E-state index contributed by atoms with van der Waals surface area (Å²) in [6, 6.07) is 13.0. The summed E-state index contributed by atoms with van der Waals surface area (Å²) in [5.41, 5.74) is 13.9. The molecule has 78 heavy (non-hydrogen) atoms. The molecule has 23 heteroatoms. The largest absolute Gasteiger partial charge is 0.508 e. The topological polar surface area (TPSA) is 342 Å². The van der Waals surface area contributed by atoms with Gasteiger partial charge in [0.25, 0.3) is 0 Å². The molecular formula is C55H74N10O12S. The molecule has 12 N–H and O–H groups in total. The van der Waals surface area contributed by atoms with Crippen molar-refractivity contribution in [2.75, 3.05) is 25.1 Å². The molecule has 0 bridgehead atoms. The van der Waals surface area contributed by atoms with Crippen LogP contribution in [0.25, 0.3) is 0 Å². The molecule has 2 aliphatic rings. The van der Waals surface area contributed by atoms with Crippen molar-refractivity contribution >= 4 is 70.9 Å². The average Bonchev–Trinajstić information content (AvgIpc) is 4.12. The van der Waals surface area contributed by atoms with Gasteiger partial charge in [-0.05, 0) is 98.6 Å². The van der Waals surface area contributed by atoms with Gasteiger partial charge in [-0.25, -0.2) is 4.79 Å². The number of amides is 9. The highest BCUT2D eigenvalue weighted by Crippen LogP contribution is 2.23. The summed E-state index contributed by atoms with van der Waals surface area (Å²) in [4.78, 5) is 139. The number of carboxylic acid groups (broad SMARTS) is 1. The molecule has 0 saturated carbocycles. The molecule has 422 valence electrons. The number of phenols is 1. The number of nitrogens with one attached hydrogen (secondary N) is 6. The second-order valence-corrected chi connectivity index (χ2v) is 21.2. The summed E-state index contributed by atoms with van der Waals surface area (Å²) < 4.78 is 0. The normalized spacial score (nSPS) is 17.8. The van der Waals surface area contributed by atoms with Gasteiger partial charge in [0, 0.05) is 25.9 Å². The summed E-state index contributed by atoms with van der Waals surface area (Å²) in [6.07, 6.45) is 2.74. The van der Waals surface area contributed by atoms with Crippen LogP contribution in [-0.4, -0.2) is 159 Å². The molecule has 9 amide bonds. The number of carbonyl (C=O) groups excluding carboxylic acids is 9. The number of carbonyl (C=O) groups is 10. The van der Waals surface area contributed by atoms with Gasteiger partial charge in [0.1, 0.15) is 54.1 Å². The van der Waals surface area contributed by atoms with Crippen LogP contribution in [0.5, 0.6) is 5.75 Å². The molecule has 5 rings (SSSR count). The Bertz CT molecular complexity index is 2580. The second kappa shape index (κ2) is 29.8. The fourth-order valence-electron chi connectivity index (χ4n) is 9.49. The minimum Gasteiger partial charge on any atom is -0.508 e. The lowest BCUT2D eigenvalue weighted by Crippen LogP contribution is -2.60. The first-order chi connectivity index (χ1) is 37.1. The highest BCUT2D eigenvalue weighted by molar-refractivity contribution is 7.98. The van der Waals surface area contributed by atoms with Crippen molar-refractivity contribution in [3.63, 3.8) is 0 Å². The van der Waals surface area contributed by atoms with Crippen LogP contribution in [0.4, 0.5) is 0 Å². The summed E-state index contributed by atoms with van der Waals surface area (Å²) in [5.74, 6) is -7.60. The Hall–Kier alpha value is -7.53. The van der Waals surface area contributed by atoms with Gasteiger partial charge in [0.15, 0.2) is 0 Å². The van der Waals surface area contributed by atoms with Gasteiger partial charge in [-0.2, -0.15) is 11.8 Å². The van der Waals surface area contributed by atoms with Crippen molar-refractivity contribution in [3.05, 3.63) is 102 Å². The zero-order valence-electron chi connectivity index (χ0n) is 44.5. The van der Waals surface area contributed by atoms with Crippen LogP contribution in [0.2, 0.25) is 0 Å². The summed E-state index contributed by atoms with van der Waals surface area (Å²) >= 11 is 1.46. The van der Waals surface area contributed by atoms with E-state index in [4.69, 9.17) is 11.5 Å². The number of benzene rings is 3. The van der Waals surface area contributed by atoms with Gasteiger partial charge in [-0.15, -0.1) is 0 Å². The number of phenolic OH excluding ortho intramolecular Hbond substituents is 1. The first-order valence-electron chi connectivity index (χ1n) is 26.2. The van der Waals surface area contributed by atoms with Crippen molar-refractivity contribution in [3.8, 4) is 5.75 Å². The zero-order chi connectivity index (χ0) is 57.1. The van der Waals surface area contributed by atoms with E-state index in [1.54, 1.807) is 56.3 Å². The van der Waals surface area contributed by atoms with E-state index in [9.17, 15) is 58.2 Å². The fourth-order valence-corrected chi connectivity index (χ4v) is 9.96. The van der Waals surface area contributed by atoms with E-state index in [-0.39, 0.29) is 69.7 Å². The maximum absolute atomic E-state index is 14.6. The maximum atomic E-state index is 14.6. The number of likely N-dealkylation sites (tertiary alicyclic amines) is 2. The molecule has 22 nitrogen and oxygen atoms in total. The van der Waals surface area contributed by atoms with E-state index in [1.807, 2.05) is 36.6 Å². The Morgan fingerprint density at radius 3 is 1.60 bits per heavy atom. The number of hydrogen-bond acceptors (Lipinski definition) is 13. The Labute approximate surface area is 458 Å². The molecule has 0 aromatic heterocycles. The van der Waals surface area contributed by atoms with Gasteiger partial charge < -0.3 is 63.4 Å². The molecule has 2 heterocycles. The Kier molecular flexibility index (Phi) is 23.5. The average molecular weight is 1100 g/mol. The predicted molar refractivity (Wildman–Crippen MR) is 291 cm³/mol. The van der Waals surface area contributed by atoms with Crippen LogP contribution in [-0.2, 0) is 67.2 Å². The van der Waals surface area contributed by atoms with E-state index >= 15 is 0 Å². The molecule has 2 saturated heterocycles. The van der Waals surface area contributed by atoms with Crippen molar-refractivity contribution in [1.29, 1.82) is 0 Å². The second-order valence-electron chi connectivity index (χ2n) is 20.2.